The van der Waals surface area contributed by atoms with Crippen LogP contribution in [0.2, 0.25) is 5.15 Å². The van der Waals surface area contributed by atoms with Gasteiger partial charge in [-0.1, -0.05) is 25.4 Å². The number of hydrogen-bond donors (Lipinski definition) is 2. The number of methoxy groups -OCH3 is 1. The van der Waals surface area contributed by atoms with Crippen LogP contribution >= 0.6 is 11.6 Å². The average Bonchev–Trinajstić information content (AvgIpc) is 2.85. The Morgan fingerprint density at radius 1 is 1.32 bits per heavy atom. The van der Waals surface area contributed by atoms with Crippen molar-refractivity contribution in [1.29, 1.82) is 0 Å². The molecule has 1 aromatic heterocycles. The minimum absolute atomic E-state index is 0.203. The monoisotopic (exact) mass is 404 g/mol. The van der Waals surface area contributed by atoms with Gasteiger partial charge in [-0.15, -0.1) is 0 Å². The molecule has 2 amide bonds. The van der Waals surface area contributed by atoms with E-state index in [9.17, 15) is 9.59 Å². The van der Waals surface area contributed by atoms with E-state index in [0.29, 0.717) is 40.3 Å². The van der Waals surface area contributed by atoms with Crippen LogP contribution in [0.1, 0.15) is 32.0 Å². The normalized spacial score (nSPS) is 11.1. The fourth-order valence-electron chi connectivity index (χ4n) is 2.64. The lowest BCUT2D eigenvalue weighted by Crippen LogP contribution is -2.11. The van der Waals surface area contributed by atoms with E-state index in [1.165, 1.54) is 20.1 Å². The fraction of sp³-hybridized carbons (Fsp3) is 0.350. The summed E-state index contributed by atoms with van der Waals surface area (Å²) in [4.78, 5) is 23.6. The summed E-state index contributed by atoms with van der Waals surface area (Å²) in [5.74, 6) is 0.325. The summed E-state index contributed by atoms with van der Waals surface area (Å²) in [6, 6.07) is 4.99. The third kappa shape index (κ3) is 5.60. The molecule has 1 aromatic carbocycles. The van der Waals surface area contributed by atoms with Gasteiger partial charge < -0.3 is 15.4 Å². The van der Waals surface area contributed by atoms with Crippen molar-refractivity contribution in [3.8, 4) is 5.75 Å². The topological polar surface area (TPSA) is 85.2 Å². The number of aromatic nitrogens is 2. The van der Waals surface area contributed by atoms with E-state index in [1.807, 2.05) is 6.92 Å². The highest BCUT2D eigenvalue weighted by Crippen LogP contribution is 2.28. The number of nitrogens with one attached hydrogen (secondary N) is 2. The van der Waals surface area contributed by atoms with Crippen molar-refractivity contribution in [1.82, 2.24) is 9.78 Å². The third-order valence-electron chi connectivity index (χ3n) is 3.83. The number of rotatable bonds is 7. The number of carbonyl (C=O) groups is 2. The lowest BCUT2D eigenvalue weighted by atomic mass is 10.2. The van der Waals surface area contributed by atoms with Gasteiger partial charge in [-0.2, -0.15) is 5.10 Å². The molecule has 8 heteroatoms. The Morgan fingerprint density at radius 3 is 2.64 bits per heavy atom. The van der Waals surface area contributed by atoms with E-state index in [-0.39, 0.29) is 11.8 Å². The first kappa shape index (κ1) is 21.5. The van der Waals surface area contributed by atoms with Gasteiger partial charge >= 0.3 is 0 Å². The number of anilines is 2. The van der Waals surface area contributed by atoms with Gasteiger partial charge in [0.1, 0.15) is 10.9 Å². The molecule has 1 heterocycles. The summed E-state index contributed by atoms with van der Waals surface area (Å²) in [6.45, 7) is 8.13. The molecule has 7 nitrogen and oxygen atoms in total. The highest BCUT2D eigenvalue weighted by atomic mass is 35.5. The number of benzene rings is 1. The zero-order valence-corrected chi connectivity index (χ0v) is 17.4. The number of nitrogens with zero attached hydrogens (tertiary/aromatic N) is 2. The minimum Gasteiger partial charge on any atom is -0.495 e. The van der Waals surface area contributed by atoms with Crippen LogP contribution in [0.5, 0.6) is 5.75 Å². The Labute approximate surface area is 169 Å². The Kier molecular flexibility index (Phi) is 7.23. The van der Waals surface area contributed by atoms with Gasteiger partial charge in [0.2, 0.25) is 11.8 Å². The van der Waals surface area contributed by atoms with E-state index >= 15 is 0 Å². The molecule has 0 spiro atoms. The highest BCUT2D eigenvalue weighted by molar-refractivity contribution is 6.31. The largest absolute Gasteiger partial charge is 0.495 e. The highest BCUT2D eigenvalue weighted by Gasteiger charge is 2.13. The van der Waals surface area contributed by atoms with Crippen LogP contribution in [-0.2, 0) is 16.1 Å². The zero-order chi connectivity index (χ0) is 20.8. The summed E-state index contributed by atoms with van der Waals surface area (Å²) in [6.07, 6.45) is 3.03. The molecule has 0 atom stereocenters. The zero-order valence-electron chi connectivity index (χ0n) is 16.7. The Hall–Kier alpha value is -2.80. The molecule has 0 aliphatic rings. The van der Waals surface area contributed by atoms with Gasteiger partial charge in [0.25, 0.3) is 0 Å². The number of amides is 2. The average molecular weight is 405 g/mol. The van der Waals surface area contributed by atoms with E-state index in [4.69, 9.17) is 16.3 Å². The van der Waals surface area contributed by atoms with Gasteiger partial charge in [-0.05, 0) is 37.1 Å². The molecule has 2 N–H and O–H groups in total. The molecule has 0 aliphatic carbocycles. The molecule has 0 fully saturated rings. The van der Waals surface area contributed by atoms with Gasteiger partial charge in [0.15, 0.2) is 0 Å². The first-order chi connectivity index (χ1) is 13.2. The minimum atomic E-state index is -0.356. The second-order valence-corrected chi connectivity index (χ2v) is 7.14. The van der Waals surface area contributed by atoms with E-state index in [1.54, 1.807) is 29.0 Å². The summed E-state index contributed by atoms with van der Waals surface area (Å²) < 4.78 is 7.00. The maximum absolute atomic E-state index is 12.4. The first-order valence-corrected chi connectivity index (χ1v) is 9.26. The molecule has 28 heavy (non-hydrogen) atoms. The van der Waals surface area contributed by atoms with Crippen molar-refractivity contribution in [2.45, 2.75) is 34.2 Å². The lowest BCUT2D eigenvalue weighted by molar-refractivity contribution is -0.114. The van der Waals surface area contributed by atoms with Crippen molar-refractivity contribution >= 4 is 40.9 Å². The van der Waals surface area contributed by atoms with Gasteiger partial charge in [0, 0.05) is 30.8 Å². The molecule has 150 valence electrons. The molecule has 2 rings (SSSR count). The predicted octanol–water partition coefficient (Wildman–Crippen LogP) is 4.12. The van der Waals surface area contributed by atoms with Crippen LogP contribution < -0.4 is 15.4 Å². The third-order valence-corrected chi connectivity index (χ3v) is 4.23. The van der Waals surface area contributed by atoms with E-state index in [0.717, 1.165) is 5.69 Å². The maximum Gasteiger partial charge on any atom is 0.248 e. The second-order valence-electron chi connectivity index (χ2n) is 6.78. The maximum atomic E-state index is 12.4. The number of hydrogen-bond acceptors (Lipinski definition) is 4. The molecular formula is C20H25ClN4O3. The molecule has 0 saturated heterocycles. The van der Waals surface area contributed by atoms with Gasteiger partial charge in [-0.3, -0.25) is 14.3 Å². The molecule has 0 saturated carbocycles. The summed E-state index contributed by atoms with van der Waals surface area (Å²) >= 11 is 6.39. The number of ether oxygens (including phenoxy) is 1. The predicted molar refractivity (Wildman–Crippen MR) is 112 cm³/mol. The van der Waals surface area contributed by atoms with E-state index in [2.05, 4.69) is 29.6 Å². The van der Waals surface area contributed by atoms with Crippen LogP contribution in [0.3, 0.4) is 0 Å². The van der Waals surface area contributed by atoms with Crippen molar-refractivity contribution < 1.29 is 14.3 Å². The molecular weight excluding hydrogens is 380 g/mol. The quantitative estimate of drug-likeness (QED) is 0.680. The van der Waals surface area contributed by atoms with Crippen LogP contribution in [0, 0.1) is 12.8 Å². The Bertz CT molecular complexity index is 903. The van der Waals surface area contributed by atoms with Gasteiger partial charge in [0.05, 0.1) is 18.5 Å². The second kappa shape index (κ2) is 9.41. The standard InChI is InChI=1S/C20H25ClN4O3/c1-12(2)11-25-20(21)16(13(3)24-25)7-9-19(27)23-17-10-15(22-14(4)26)6-8-18(17)28-5/h6-10,12H,11H2,1-5H3,(H,22,26)(H,23,27)/b9-7+. The first-order valence-electron chi connectivity index (χ1n) is 8.88. The summed E-state index contributed by atoms with van der Waals surface area (Å²) in [7, 11) is 1.51. The van der Waals surface area contributed by atoms with Crippen LogP contribution in [0.15, 0.2) is 24.3 Å². The summed E-state index contributed by atoms with van der Waals surface area (Å²) in [5, 5.41) is 10.3. The van der Waals surface area contributed by atoms with Crippen molar-refractivity contribution in [3.05, 3.63) is 40.7 Å². The molecule has 0 unspecified atom stereocenters. The van der Waals surface area contributed by atoms with Gasteiger partial charge in [-0.25, -0.2) is 0 Å². The van der Waals surface area contributed by atoms with Crippen molar-refractivity contribution in [2.75, 3.05) is 17.7 Å². The Balaban J connectivity index is 2.18. The lowest BCUT2D eigenvalue weighted by Gasteiger charge is -2.11. The number of halogens is 1. The van der Waals surface area contributed by atoms with Crippen molar-refractivity contribution in [2.24, 2.45) is 5.92 Å². The number of aryl methyl sites for hydroxylation is 1. The molecule has 0 aliphatic heterocycles. The fourth-order valence-corrected chi connectivity index (χ4v) is 2.95. The summed E-state index contributed by atoms with van der Waals surface area (Å²) in [5.41, 5.74) is 2.46. The number of carbonyl (C=O) groups excluding carboxylic acids is 2. The smallest absolute Gasteiger partial charge is 0.248 e. The molecule has 0 radical (unpaired) electrons. The van der Waals surface area contributed by atoms with Crippen LogP contribution in [-0.4, -0.2) is 28.7 Å². The SMILES string of the molecule is COc1ccc(NC(C)=O)cc1NC(=O)/C=C/c1c(C)nn(CC(C)C)c1Cl. The van der Waals surface area contributed by atoms with E-state index < -0.39 is 0 Å². The molecule has 2 aromatic rings. The molecule has 0 bridgehead atoms. The van der Waals surface area contributed by atoms with Crippen molar-refractivity contribution in [3.63, 3.8) is 0 Å². The van der Waals surface area contributed by atoms with Crippen LogP contribution in [0.4, 0.5) is 11.4 Å². The Morgan fingerprint density at radius 2 is 2.04 bits per heavy atom. The van der Waals surface area contributed by atoms with Crippen LogP contribution in [0.25, 0.3) is 6.08 Å².